The Morgan fingerprint density at radius 1 is 0.746 bits per heavy atom. The number of azide groups is 1. The molecule has 1 amide bonds. The molecule has 4 aliphatic heterocycles. The number of esters is 1. The molecule has 0 aliphatic carbocycles. The molecule has 0 saturated carbocycles. The van der Waals surface area contributed by atoms with E-state index in [2.05, 4.69) is 21.9 Å². The molecule has 15 atom stereocenters. The lowest BCUT2D eigenvalue weighted by molar-refractivity contribution is -0.360. The van der Waals surface area contributed by atoms with E-state index in [0.29, 0.717) is 18.4 Å². The van der Waals surface area contributed by atoms with Crippen molar-refractivity contribution in [2.45, 2.75) is 145 Å². The molecule has 67 heavy (non-hydrogen) atoms. The molecule has 0 bridgehead atoms. The van der Waals surface area contributed by atoms with Gasteiger partial charge in [-0.05, 0) is 42.0 Å². The van der Waals surface area contributed by atoms with Gasteiger partial charge >= 0.3 is 18.2 Å². The number of hydrogen-bond donors (Lipinski definition) is 1. The lowest BCUT2D eigenvalue weighted by Gasteiger charge is -2.50. The number of alkyl carbamates (subject to hydrolysis) is 1. The van der Waals surface area contributed by atoms with Crippen LogP contribution < -0.4 is 5.32 Å². The van der Waals surface area contributed by atoms with Crippen LogP contribution in [0.3, 0.4) is 0 Å². The van der Waals surface area contributed by atoms with Gasteiger partial charge in [0, 0.05) is 4.91 Å². The first-order chi connectivity index (χ1) is 32.7. The van der Waals surface area contributed by atoms with Crippen LogP contribution in [0.15, 0.2) is 109 Å². The number of carbonyl (C=O) groups is 3. The van der Waals surface area contributed by atoms with Gasteiger partial charge in [-0.25, -0.2) is 14.4 Å². The van der Waals surface area contributed by atoms with Crippen LogP contribution in [0.1, 0.15) is 50.3 Å². The Hall–Kier alpha value is -5.60. The van der Waals surface area contributed by atoms with Crippen LogP contribution in [0.2, 0.25) is 0 Å². The van der Waals surface area contributed by atoms with Crippen molar-refractivity contribution in [1.29, 1.82) is 0 Å². The minimum atomic E-state index is -1.67. The molecule has 0 radical (unpaired) electrons. The first-order valence-electron chi connectivity index (χ1n) is 22.4. The van der Waals surface area contributed by atoms with Crippen LogP contribution in [-0.4, -0.2) is 124 Å². The summed E-state index contributed by atoms with van der Waals surface area (Å²) in [6, 6.07) is 26.3. The highest BCUT2D eigenvalue weighted by atomic mass is 16.8. The van der Waals surface area contributed by atoms with Crippen molar-refractivity contribution in [3.05, 3.63) is 131 Å². The summed E-state index contributed by atoms with van der Waals surface area (Å²) in [6.45, 7) is 9.18. The van der Waals surface area contributed by atoms with Gasteiger partial charge in [0.1, 0.15) is 43.2 Å². The van der Waals surface area contributed by atoms with Crippen LogP contribution in [-0.2, 0) is 81.5 Å². The van der Waals surface area contributed by atoms with Crippen LogP contribution in [0.4, 0.5) is 9.59 Å². The van der Waals surface area contributed by atoms with Crippen molar-refractivity contribution in [2.24, 2.45) is 5.11 Å². The summed E-state index contributed by atoms with van der Waals surface area (Å²) in [6.07, 6.45) is -14.4. The SMILES string of the molecule is C=CCOC(=O)OC1[C@H](O[C@@H]2C(CC)O[C@@H](C)[C@H]3NC(=O)OC23)OC(C(=O)OC)[C@@H](O[C@H]2OC(CC)[C@H](OCc3ccccc3)[C@H](OCc3ccccc3)C2N=[N+]=[N-])[C@H]1OCc1ccccc1. The van der Waals surface area contributed by atoms with E-state index in [-0.39, 0.29) is 26.4 Å². The van der Waals surface area contributed by atoms with E-state index in [0.717, 1.165) is 11.1 Å². The zero-order valence-electron chi connectivity index (χ0n) is 37.8. The third kappa shape index (κ3) is 12.1. The molecule has 360 valence electrons. The smallest absolute Gasteiger partial charge is 0.467 e. The average Bonchev–Trinajstić information content (AvgIpc) is 3.76. The molecule has 3 aromatic carbocycles. The lowest BCUT2D eigenvalue weighted by atomic mass is 9.92. The van der Waals surface area contributed by atoms with E-state index < -0.39 is 110 Å². The summed E-state index contributed by atoms with van der Waals surface area (Å²) < 4.78 is 75.2. The minimum Gasteiger partial charge on any atom is -0.467 e. The zero-order chi connectivity index (χ0) is 47.3. The fourth-order valence-corrected chi connectivity index (χ4v) is 8.73. The van der Waals surface area contributed by atoms with Crippen LogP contribution in [0.5, 0.6) is 0 Å². The number of amides is 1. The summed E-state index contributed by atoms with van der Waals surface area (Å²) in [5.74, 6) is -0.920. The minimum absolute atomic E-state index is 0.0947. The van der Waals surface area contributed by atoms with E-state index in [1.165, 1.54) is 13.2 Å². The predicted octanol–water partition coefficient (Wildman–Crippen LogP) is 6.61. The Morgan fingerprint density at radius 3 is 1.85 bits per heavy atom. The molecule has 4 heterocycles. The number of fused-ring (bicyclic) bond motifs is 1. The van der Waals surface area contributed by atoms with Crippen molar-refractivity contribution in [1.82, 2.24) is 5.32 Å². The Labute approximate surface area is 388 Å². The van der Waals surface area contributed by atoms with Gasteiger partial charge in [0.2, 0.25) is 0 Å². The second kappa shape index (κ2) is 23.9. The standard InChI is InChI=1S/C48H58N4O15/c1-6-24-57-48(55)67-43-40(60-27-31-22-16-11-17-23-31)41(42(44(53)56-5)65-46(43)63-37-33(8-3)61-28(4)34-39(37)66-47(54)50-34)64-45-35(51-52-49)38(59-26-30-20-14-10-15-21-30)36(32(7-2)62-45)58-25-29-18-12-9-13-19-29/h6,9-23,28,32-43,45-46H,1,7-8,24-27H2,2-5H3,(H,50,54)/t28-,32?,33?,34+,35?,36-,37+,38+,39?,40+,41-,42?,43?,45+,46+/m0/s1. The summed E-state index contributed by atoms with van der Waals surface area (Å²) >= 11 is 0. The first kappa shape index (κ1) is 49.3. The maximum atomic E-state index is 14.1. The first-order valence-corrected chi connectivity index (χ1v) is 22.4. The summed E-state index contributed by atoms with van der Waals surface area (Å²) in [5, 5.41) is 6.96. The van der Waals surface area contributed by atoms with Crippen molar-refractivity contribution in [3.63, 3.8) is 0 Å². The van der Waals surface area contributed by atoms with Crippen molar-refractivity contribution >= 4 is 18.2 Å². The molecule has 0 aromatic heterocycles. The molecule has 1 N–H and O–H groups in total. The van der Waals surface area contributed by atoms with Gasteiger partial charge in [-0.3, -0.25) is 0 Å². The van der Waals surface area contributed by atoms with Crippen molar-refractivity contribution < 1.29 is 71.2 Å². The van der Waals surface area contributed by atoms with E-state index in [4.69, 9.17) is 56.8 Å². The molecule has 0 spiro atoms. The van der Waals surface area contributed by atoms with Gasteiger partial charge in [0.25, 0.3) is 0 Å². The van der Waals surface area contributed by atoms with Crippen LogP contribution in [0, 0.1) is 0 Å². The van der Waals surface area contributed by atoms with Gasteiger partial charge in [0.15, 0.2) is 30.9 Å². The number of carbonyl (C=O) groups excluding carboxylic acids is 3. The van der Waals surface area contributed by atoms with Crippen molar-refractivity contribution in [2.75, 3.05) is 13.7 Å². The second-order valence-corrected chi connectivity index (χ2v) is 16.3. The lowest BCUT2D eigenvalue weighted by Crippen LogP contribution is -2.68. The summed E-state index contributed by atoms with van der Waals surface area (Å²) in [5.41, 5.74) is 12.6. The highest BCUT2D eigenvalue weighted by molar-refractivity contribution is 5.75. The largest absolute Gasteiger partial charge is 0.509 e. The number of rotatable bonds is 20. The summed E-state index contributed by atoms with van der Waals surface area (Å²) in [7, 11) is 1.17. The fraction of sp³-hybridized carbons (Fsp3) is 0.521. The number of methoxy groups -OCH3 is 1. The van der Waals surface area contributed by atoms with E-state index in [1.807, 2.05) is 112 Å². The molecule has 6 unspecified atom stereocenters. The Kier molecular flexibility index (Phi) is 17.6. The van der Waals surface area contributed by atoms with E-state index in [1.54, 1.807) is 0 Å². The molecule has 4 saturated heterocycles. The normalized spacial score (nSPS) is 32.4. The Morgan fingerprint density at radius 2 is 1.30 bits per heavy atom. The monoisotopic (exact) mass is 930 g/mol. The molecule has 19 heteroatoms. The Balaban J connectivity index is 1.28. The molecule has 3 aromatic rings. The van der Waals surface area contributed by atoms with Gasteiger partial charge in [0.05, 0.1) is 51.3 Å². The molecule has 4 fully saturated rings. The van der Waals surface area contributed by atoms with Crippen molar-refractivity contribution in [3.8, 4) is 0 Å². The number of ether oxygens (including phenoxy) is 12. The van der Waals surface area contributed by atoms with E-state index in [9.17, 15) is 19.9 Å². The van der Waals surface area contributed by atoms with E-state index >= 15 is 0 Å². The maximum Gasteiger partial charge on any atom is 0.509 e. The molecule has 19 nitrogen and oxygen atoms in total. The highest BCUT2D eigenvalue weighted by Crippen LogP contribution is 2.39. The quantitative estimate of drug-likeness (QED) is 0.0315. The second-order valence-electron chi connectivity index (χ2n) is 16.3. The number of hydrogen-bond acceptors (Lipinski definition) is 16. The molecule has 7 rings (SSSR count). The topological polar surface area (TPSA) is 223 Å². The van der Waals surface area contributed by atoms with Crippen LogP contribution in [0.25, 0.3) is 10.4 Å². The number of nitrogens with zero attached hydrogens (tertiary/aromatic N) is 3. The zero-order valence-corrected chi connectivity index (χ0v) is 37.8. The van der Waals surface area contributed by atoms with Gasteiger partial charge in [-0.2, -0.15) is 0 Å². The van der Waals surface area contributed by atoms with Gasteiger partial charge in [-0.1, -0.05) is 123 Å². The molecular weight excluding hydrogens is 873 g/mol. The Bertz CT molecular complexity index is 2120. The summed E-state index contributed by atoms with van der Waals surface area (Å²) in [4.78, 5) is 43.5. The highest BCUT2D eigenvalue weighted by Gasteiger charge is 2.59. The number of nitrogens with one attached hydrogen (secondary N) is 1. The molecule has 4 aliphatic rings. The fourth-order valence-electron chi connectivity index (χ4n) is 8.73. The van der Waals surface area contributed by atoms with Gasteiger partial charge < -0.3 is 62.2 Å². The maximum absolute atomic E-state index is 14.1. The number of benzene rings is 3. The predicted molar refractivity (Wildman–Crippen MR) is 236 cm³/mol. The third-order valence-electron chi connectivity index (χ3n) is 12.0. The van der Waals surface area contributed by atoms with Gasteiger partial charge in [-0.15, -0.1) is 0 Å². The van der Waals surface area contributed by atoms with Crippen LogP contribution >= 0.6 is 0 Å². The third-order valence-corrected chi connectivity index (χ3v) is 12.0. The molecular formula is C48H58N4O15. The average molecular weight is 931 g/mol.